The Labute approximate surface area is 158 Å². The Morgan fingerprint density at radius 3 is 2.74 bits per heavy atom. The first-order chi connectivity index (χ1) is 13.1. The number of carbonyl (C=O) groups excluding carboxylic acids is 1. The van der Waals surface area contributed by atoms with Gasteiger partial charge in [-0.05, 0) is 55.9 Å². The van der Waals surface area contributed by atoms with Crippen molar-refractivity contribution in [2.24, 2.45) is 0 Å². The second kappa shape index (κ2) is 7.62. The molecule has 2 aromatic rings. The Kier molecular flexibility index (Phi) is 5.05. The van der Waals surface area contributed by atoms with Gasteiger partial charge in [-0.25, -0.2) is 4.39 Å². The Hall–Kier alpha value is -2.50. The molecule has 1 atom stereocenters. The summed E-state index contributed by atoms with van der Waals surface area (Å²) in [4.78, 5) is 14.9. The van der Waals surface area contributed by atoms with Crippen molar-refractivity contribution in [2.75, 3.05) is 6.54 Å². The van der Waals surface area contributed by atoms with E-state index in [1.165, 1.54) is 18.6 Å². The van der Waals surface area contributed by atoms with E-state index in [1.807, 2.05) is 11.8 Å². The van der Waals surface area contributed by atoms with Crippen molar-refractivity contribution in [2.45, 2.75) is 58.0 Å². The number of hydrogen-bond acceptors (Lipinski definition) is 3. The smallest absolute Gasteiger partial charge is 0.247 e. The van der Waals surface area contributed by atoms with Crippen LogP contribution in [-0.2, 0) is 17.8 Å². The van der Waals surface area contributed by atoms with Crippen molar-refractivity contribution in [3.63, 3.8) is 0 Å². The van der Waals surface area contributed by atoms with E-state index in [2.05, 4.69) is 14.8 Å². The van der Waals surface area contributed by atoms with Crippen LogP contribution in [0, 0.1) is 5.82 Å². The lowest BCUT2D eigenvalue weighted by Gasteiger charge is -2.24. The number of benzene rings is 1. The highest BCUT2D eigenvalue weighted by atomic mass is 19.1. The minimum atomic E-state index is -0.273. The Morgan fingerprint density at radius 2 is 1.93 bits per heavy atom. The fraction of sp³-hybridized carbons (Fsp3) is 0.476. The molecule has 2 aliphatic heterocycles. The van der Waals surface area contributed by atoms with E-state index in [0.717, 1.165) is 68.0 Å². The van der Waals surface area contributed by atoms with Crippen LogP contribution in [0.2, 0.25) is 0 Å². The highest BCUT2D eigenvalue weighted by molar-refractivity contribution is 5.95. The summed E-state index contributed by atoms with van der Waals surface area (Å²) >= 11 is 0. The number of aryl methyl sites for hydroxylation is 1. The first-order valence-corrected chi connectivity index (χ1v) is 9.80. The fourth-order valence-electron chi connectivity index (χ4n) is 4.12. The minimum absolute atomic E-state index is 0.00545. The lowest BCUT2D eigenvalue weighted by atomic mass is 10.1. The van der Waals surface area contributed by atoms with Gasteiger partial charge in [-0.2, -0.15) is 0 Å². The Morgan fingerprint density at radius 1 is 1.11 bits per heavy atom. The molecule has 1 aromatic heterocycles. The summed E-state index contributed by atoms with van der Waals surface area (Å²) in [6, 6.07) is 6.24. The Bertz CT molecular complexity index is 856. The molecule has 5 nitrogen and oxygen atoms in total. The van der Waals surface area contributed by atoms with Gasteiger partial charge in [0, 0.05) is 25.6 Å². The predicted molar refractivity (Wildman–Crippen MR) is 101 cm³/mol. The lowest BCUT2D eigenvalue weighted by Crippen LogP contribution is -2.31. The van der Waals surface area contributed by atoms with E-state index < -0.39 is 0 Å². The zero-order valence-corrected chi connectivity index (χ0v) is 15.7. The van der Waals surface area contributed by atoms with Gasteiger partial charge in [0.15, 0.2) is 5.82 Å². The first kappa shape index (κ1) is 17.9. The molecular weight excluding hydrogens is 343 g/mol. The molecule has 0 saturated carbocycles. The van der Waals surface area contributed by atoms with Crippen LogP contribution in [0.5, 0.6) is 0 Å². The molecule has 1 saturated heterocycles. The lowest BCUT2D eigenvalue weighted by molar-refractivity contribution is -0.127. The van der Waals surface area contributed by atoms with Crippen molar-refractivity contribution in [1.82, 2.24) is 19.7 Å². The largest absolute Gasteiger partial charge is 0.329 e. The molecule has 0 aliphatic carbocycles. The zero-order valence-electron chi connectivity index (χ0n) is 15.7. The van der Waals surface area contributed by atoms with Gasteiger partial charge in [0.25, 0.3) is 0 Å². The van der Waals surface area contributed by atoms with Crippen LogP contribution < -0.4 is 0 Å². The third-order valence-electron chi connectivity index (χ3n) is 5.61. The Balaban J connectivity index is 1.56. The average Bonchev–Trinajstić information content (AvgIpc) is 3.23. The maximum absolute atomic E-state index is 13.1. The van der Waals surface area contributed by atoms with Crippen LogP contribution in [0.15, 0.2) is 30.3 Å². The minimum Gasteiger partial charge on any atom is -0.329 e. The number of carbonyl (C=O) groups is 1. The first-order valence-electron chi connectivity index (χ1n) is 9.80. The standard InChI is InChI=1S/C21H25FN4O/c1-15(16-8-10-17(22)11-9-16)14-20(27)25-13-5-6-18(25)21-24-23-19-7-3-2-4-12-26(19)21/h8-11,14,18H,2-7,12-13H2,1H3/b15-14-. The molecule has 0 bridgehead atoms. The molecule has 6 heteroatoms. The normalized spacial score (nSPS) is 20.4. The van der Waals surface area contributed by atoms with Gasteiger partial charge in [-0.3, -0.25) is 4.79 Å². The van der Waals surface area contributed by atoms with Gasteiger partial charge in [0.2, 0.25) is 5.91 Å². The van der Waals surface area contributed by atoms with Crippen molar-refractivity contribution >= 4 is 11.5 Å². The maximum atomic E-state index is 13.1. The molecule has 0 radical (unpaired) electrons. The molecule has 2 aliphatic rings. The van der Waals surface area contributed by atoms with Crippen LogP contribution in [0.25, 0.3) is 5.57 Å². The maximum Gasteiger partial charge on any atom is 0.247 e. The average molecular weight is 368 g/mol. The molecular formula is C21H25FN4O. The summed E-state index contributed by atoms with van der Waals surface area (Å²) in [6.45, 7) is 3.57. The van der Waals surface area contributed by atoms with E-state index in [9.17, 15) is 9.18 Å². The molecule has 4 rings (SSSR count). The number of fused-ring (bicyclic) bond motifs is 1. The molecule has 1 aromatic carbocycles. The van der Waals surface area contributed by atoms with Crippen LogP contribution in [0.3, 0.4) is 0 Å². The highest BCUT2D eigenvalue weighted by Crippen LogP contribution is 2.33. The van der Waals surface area contributed by atoms with Crippen LogP contribution in [0.1, 0.15) is 62.3 Å². The van der Waals surface area contributed by atoms with E-state index in [4.69, 9.17) is 0 Å². The van der Waals surface area contributed by atoms with Crippen LogP contribution >= 0.6 is 0 Å². The molecule has 0 spiro atoms. The molecule has 27 heavy (non-hydrogen) atoms. The SMILES string of the molecule is C/C(=C/C(=O)N1CCCC1c1nnc2n1CCCCC2)c1ccc(F)cc1. The molecule has 1 fully saturated rings. The van der Waals surface area contributed by atoms with Gasteiger partial charge >= 0.3 is 0 Å². The number of amides is 1. The van der Waals surface area contributed by atoms with E-state index in [-0.39, 0.29) is 17.8 Å². The van der Waals surface area contributed by atoms with Crippen LogP contribution in [-0.4, -0.2) is 32.1 Å². The monoisotopic (exact) mass is 368 g/mol. The van der Waals surface area contributed by atoms with Crippen molar-refractivity contribution < 1.29 is 9.18 Å². The van der Waals surface area contributed by atoms with Gasteiger partial charge in [0.1, 0.15) is 11.6 Å². The molecule has 3 heterocycles. The summed E-state index contributed by atoms with van der Waals surface area (Å²) in [6.07, 6.45) is 8.04. The molecule has 142 valence electrons. The predicted octanol–water partition coefficient (Wildman–Crippen LogP) is 3.91. The fourth-order valence-corrected chi connectivity index (χ4v) is 4.12. The highest BCUT2D eigenvalue weighted by Gasteiger charge is 2.33. The topological polar surface area (TPSA) is 51.0 Å². The number of likely N-dealkylation sites (tertiary alicyclic amines) is 1. The zero-order chi connectivity index (χ0) is 18.8. The van der Waals surface area contributed by atoms with Gasteiger partial charge < -0.3 is 9.47 Å². The van der Waals surface area contributed by atoms with Gasteiger partial charge in [-0.1, -0.05) is 18.6 Å². The number of rotatable bonds is 3. The number of nitrogens with zero attached hydrogens (tertiary/aromatic N) is 4. The van der Waals surface area contributed by atoms with E-state index >= 15 is 0 Å². The quantitative estimate of drug-likeness (QED) is 0.772. The molecule has 1 unspecified atom stereocenters. The molecule has 0 N–H and O–H groups in total. The number of aromatic nitrogens is 3. The van der Waals surface area contributed by atoms with E-state index in [0.29, 0.717) is 0 Å². The summed E-state index contributed by atoms with van der Waals surface area (Å²) in [5, 5.41) is 8.85. The summed E-state index contributed by atoms with van der Waals surface area (Å²) in [5.74, 6) is 1.71. The van der Waals surface area contributed by atoms with E-state index in [1.54, 1.807) is 18.2 Å². The third kappa shape index (κ3) is 3.66. The second-order valence-corrected chi connectivity index (χ2v) is 7.46. The summed E-state index contributed by atoms with van der Waals surface area (Å²) in [5.41, 5.74) is 1.70. The number of halogens is 1. The number of allylic oxidation sites excluding steroid dienone is 1. The van der Waals surface area contributed by atoms with Crippen molar-refractivity contribution in [1.29, 1.82) is 0 Å². The summed E-state index contributed by atoms with van der Waals surface area (Å²) in [7, 11) is 0. The number of hydrogen-bond donors (Lipinski definition) is 0. The molecule has 1 amide bonds. The van der Waals surface area contributed by atoms with Crippen LogP contribution in [0.4, 0.5) is 4.39 Å². The van der Waals surface area contributed by atoms with Gasteiger partial charge in [-0.15, -0.1) is 10.2 Å². The third-order valence-corrected chi connectivity index (χ3v) is 5.61. The van der Waals surface area contributed by atoms with Gasteiger partial charge in [0.05, 0.1) is 6.04 Å². The summed E-state index contributed by atoms with van der Waals surface area (Å²) < 4.78 is 15.4. The second-order valence-electron chi connectivity index (χ2n) is 7.46. The van der Waals surface area contributed by atoms with Crippen molar-refractivity contribution in [3.8, 4) is 0 Å². The van der Waals surface area contributed by atoms with Crippen molar-refractivity contribution in [3.05, 3.63) is 53.4 Å².